The van der Waals surface area contributed by atoms with E-state index >= 15 is 0 Å². The SMILES string of the molecule is CC[C@@H](O)C/C=C\C[C@@H]1C(/C=C/C(O)C(C)c2ccccc2)[C@@H]2CC[C@H]1O2. The van der Waals surface area contributed by atoms with Gasteiger partial charge in [-0.2, -0.15) is 0 Å². The van der Waals surface area contributed by atoms with Gasteiger partial charge in [0.05, 0.1) is 24.4 Å². The summed E-state index contributed by atoms with van der Waals surface area (Å²) < 4.78 is 6.16. The van der Waals surface area contributed by atoms with Gasteiger partial charge in [-0.25, -0.2) is 0 Å². The van der Waals surface area contributed by atoms with Crippen LogP contribution in [0.25, 0.3) is 0 Å². The van der Waals surface area contributed by atoms with E-state index in [-0.39, 0.29) is 12.0 Å². The minimum absolute atomic E-state index is 0.0795. The fourth-order valence-electron chi connectivity index (χ4n) is 4.42. The summed E-state index contributed by atoms with van der Waals surface area (Å²) >= 11 is 0. The van der Waals surface area contributed by atoms with Crippen LogP contribution in [0.4, 0.5) is 0 Å². The molecule has 2 aliphatic rings. The highest BCUT2D eigenvalue weighted by Gasteiger charge is 2.46. The molecule has 1 aromatic rings. The number of benzene rings is 1. The van der Waals surface area contributed by atoms with Gasteiger partial charge in [-0.05, 0) is 43.6 Å². The second-order valence-corrected chi connectivity index (χ2v) is 8.11. The van der Waals surface area contributed by atoms with Gasteiger partial charge < -0.3 is 14.9 Å². The molecule has 2 fully saturated rings. The Balaban J connectivity index is 1.59. The van der Waals surface area contributed by atoms with Crippen LogP contribution in [0.2, 0.25) is 0 Å². The van der Waals surface area contributed by atoms with E-state index in [9.17, 15) is 10.2 Å². The second-order valence-electron chi connectivity index (χ2n) is 8.11. The van der Waals surface area contributed by atoms with E-state index in [1.807, 2.05) is 31.2 Å². The van der Waals surface area contributed by atoms with Crippen molar-refractivity contribution in [3.05, 3.63) is 60.2 Å². The molecule has 0 radical (unpaired) electrons. The van der Waals surface area contributed by atoms with E-state index in [1.54, 1.807) is 0 Å². The molecule has 2 aliphatic heterocycles. The largest absolute Gasteiger partial charge is 0.393 e. The Kier molecular flexibility index (Phi) is 7.28. The molecule has 0 saturated carbocycles. The van der Waals surface area contributed by atoms with Crippen molar-refractivity contribution in [3.63, 3.8) is 0 Å². The highest BCUT2D eigenvalue weighted by Crippen LogP contribution is 2.46. The summed E-state index contributed by atoms with van der Waals surface area (Å²) in [7, 11) is 0. The number of fused-ring (bicyclic) bond motifs is 2. The van der Waals surface area contributed by atoms with Crippen molar-refractivity contribution in [2.24, 2.45) is 11.8 Å². The van der Waals surface area contributed by atoms with Crippen LogP contribution < -0.4 is 0 Å². The molecule has 2 heterocycles. The van der Waals surface area contributed by atoms with Gasteiger partial charge in [-0.15, -0.1) is 0 Å². The molecule has 0 amide bonds. The quantitative estimate of drug-likeness (QED) is 0.624. The van der Waals surface area contributed by atoms with E-state index in [0.717, 1.165) is 37.7 Å². The van der Waals surface area contributed by atoms with Gasteiger partial charge in [-0.3, -0.25) is 0 Å². The molecular formula is C24H34O3. The third kappa shape index (κ3) is 5.10. The average Bonchev–Trinajstić information content (AvgIpc) is 3.31. The summed E-state index contributed by atoms with van der Waals surface area (Å²) in [6, 6.07) is 10.2. The average molecular weight is 371 g/mol. The second kappa shape index (κ2) is 9.68. The van der Waals surface area contributed by atoms with Crippen molar-refractivity contribution in [1.82, 2.24) is 0 Å². The van der Waals surface area contributed by atoms with Gasteiger partial charge in [0.15, 0.2) is 0 Å². The molecule has 3 heteroatoms. The Morgan fingerprint density at radius 1 is 1.11 bits per heavy atom. The van der Waals surface area contributed by atoms with E-state index in [1.165, 1.54) is 0 Å². The molecule has 2 saturated heterocycles. The van der Waals surface area contributed by atoms with Crippen LogP contribution in [0.5, 0.6) is 0 Å². The van der Waals surface area contributed by atoms with Gasteiger partial charge in [0, 0.05) is 11.8 Å². The molecule has 27 heavy (non-hydrogen) atoms. The predicted octanol–water partition coefficient (Wildman–Crippen LogP) is 4.61. The minimum Gasteiger partial charge on any atom is -0.393 e. The molecule has 148 valence electrons. The van der Waals surface area contributed by atoms with Crippen molar-refractivity contribution >= 4 is 0 Å². The molecule has 3 rings (SSSR count). The Morgan fingerprint density at radius 3 is 2.59 bits per heavy atom. The maximum Gasteiger partial charge on any atom is 0.0786 e. The van der Waals surface area contributed by atoms with Gasteiger partial charge in [0.25, 0.3) is 0 Å². The smallest absolute Gasteiger partial charge is 0.0786 e. The van der Waals surface area contributed by atoms with Gasteiger partial charge >= 0.3 is 0 Å². The summed E-state index contributed by atoms with van der Waals surface area (Å²) in [4.78, 5) is 0. The number of hydrogen-bond acceptors (Lipinski definition) is 3. The van der Waals surface area contributed by atoms with Gasteiger partial charge in [-0.1, -0.05) is 68.5 Å². The molecular weight excluding hydrogens is 336 g/mol. The molecule has 2 N–H and O–H groups in total. The van der Waals surface area contributed by atoms with E-state index in [0.29, 0.717) is 24.0 Å². The zero-order valence-electron chi connectivity index (χ0n) is 16.6. The zero-order chi connectivity index (χ0) is 19.2. The zero-order valence-corrected chi connectivity index (χ0v) is 16.6. The Morgan fingerprint density at radius 2 is 1.85 bits per heavy atom. The van der Waals surface area contributed by atoms with Crippen LogP contribution in [0.1, 0.15) is 57.4 Å². The molecule has 0 aromatic heterocycles. The first-order chi connectivity index (χ1) is 13.1. The first kappa shape index (κ1) is 20.3. The Hall–Kier alpha value is -1.42. The highest BCUT2D eigenvalue weighted by molar-refractivity contribution is 5.22. The fourth-order valence-corrected chi connectivity index (χ4v) is 4.42. The lowest BCUT2D eigenvalue weighted by Crippen LogP contribution is -2.26. The van der Waals surface area contributed by atoms with E-state index in [2.05, 4.69) is 37.3 Å². The van der Waals surface area contributed by atoms with Crippen LogP contribution in [-0.2, 0) is 4.74 Å². The van der Waals surface area contributed by atoms with Crippen molar-refractivity contribution in [3.8, 4) is 0 Å². The topological polar surface area (TPSA) is 49.7 Å². The Bertz CT molecular complexity index is 624. The minimum atomic E-state index is -0.484. The van der Waals surface area contributed by atoms with E-state index in [4.69, 9.17) is 4.74 Å². The lowest BCUT2D eigenvalue weighted by atomic mass is 9.77. The number of allylic oxidation sites excluding steroid dienone is 1. The Labute approximate surface area is 163 Å². The highest BCUT2D eigenvalue weighted by atomic mass is 16.5. The molecule has 7 atom stereocenters. The standard InChI is InChI=1S/C24H34O3/c1-3-19(25)11-7-8-12-20-21(24-16-15-23(20)27-24)13-14-22(26)17(2)18-9-5-4-6-10-18/h4-10,13-14,17,19-26H,3,11-12,15-16H2,1-2H3/b8-7-,14-13+/t17?,19-,20-,21?,22?,23-,24+/m1/s1. The van der Waals surface area contributed by atoms with E-state index < -0.39 is 6.10 Å². The van der Waals surface area contributed by atoms with Crippen LogP contribution in [0.3, 0.4) is 0 Å². The first-order valence-electron chi connectivity index (χ1n) is 10.5. The predicted molar refractivity (Wildman–Crippen MR) is 110 cm³/mol. The third-order valence-electron chi connectivity index (χ3n) is 6.31. The van der Waals surface area contributed by atoms with Gasteiger partial charge in [0.1, 0.15) is 0 Å². The van der Waals surface area contributed by atoms with Crippen molar-refractivity contribution in [1.29, 1.82) is 0 Å². The van der Waals surface area contributed by atoms with Crippen LogP contribution >= 0.6 is 0 Å². The summed E-state index contributed by atoms with van der Waals surface area (Å²) in [5.41, 5.74) is 1.16. The van der Waals surface area contributed by atoms with Crippen LogP contribution in [0, 0.1) is 11.8 Å². The number of rotatable bonds is 9. The van der Waals surface area contributed by atoms with Crippen LogP contribution in [0.15, 0.2) is 54.6 Å². The third-order valence-corrected chi connectivity index (χ3v) is 6.31. The fraction of sp³-hybridized carbons (Fsp3) is 0.583. The summed E-state index contributed by atoms with van der Waals surface area (Å²) in [6.07, 6.45) is 13.2. The summed E-state index contributed by atoms with van der Waals surface area (Å²) in [5, 5.41) is 20.3. The molecule has 0 aliphatic carbocycles. The first-order valence-corrected chi connectivity index (χ1v) is 10.5. The maximum absolute atomic E-state index is 10.6. The van der Waals surface area contributed by atoms with Crippen LogP contribution in [-0.4, -0.2) is 34.6 Å². The molecule has 1 aromatic carbocycles. The monoisotopic (exact) mass is 370 g/mol. The molecule has 2 bridgehead atoms. The normalized spacial score (nSPS) is 31.0. The number of aliphatic hydroxyl groups excluding tert-OH is 2. The lowest BCUT2D eigenvalue weighted by molar-refractivity contribution is 0.0899. The van der Waals surface area contributed by atoms with Gasteiger partial charge in [0.2, 0.25) is 0 Å². The number of hydrogen-bond donors (Lipinski definition) is 2. The molecule has 0 spiro atoms. The summed E-state index contributed by atoms with van der Waals surface area (Å²) in [5.74, 6) is 0.937. The van der Waals surface area contributed by atoms with Crippen molar-refractivity contribution in [2.75, 3.05) is 0 Å². The maximum atomic E-state index is 10.6. The van der Waals surface area contributed by atoms with Crippen molar-refractivity contribution in [2.45, 2.75) is 76.3 Å². The molecule has 3 nitrogen and oxygen atoms in total. The number of aliphatic hydroxyl groups is 2. The molecule has 3 unspecified atom stereocenters. The van der Waals surface area contributed by atoms with Crippen molar-refractivity contribution < 1.29 is 14.9 Å². The summed E-state index contributed by atoms with van der Waals surface area (Å²) in [6.45, 7) is 4.08. The lowest BCUT2D eigenvalue weighted by Gasteiger charge is -2.25. The number of ether oxygens (including phenoxy) is 1.